The molecule has 0 saturated heterocycles. The number of hydrogen-bond donors (Lipinski definition) is 0. The Balaban J connectivity index is 2.08. The molecule has 0 aliphatic carbocycles. The first kappa shape index (κ1) is 12.9. The molecule has 0 fully saturated rings. The highest BCUT2D eigenvalue weighted by molar-refractivity contribution is 5.42. The Kier molecular flexibility index (Phi) is 3.12. The van der Waals surface area contributed by atoms with Crippen LogP contribution in [0.4, 0.5) is 0 Å². The van der Waals surface area contributed by atoms with E-state index in [1.165, 1.54) is 21.5 Å². The van der Waals surface area contributed by atoms with Crippen LogP contribution >= 0.6 is 0 Å². The molecule has 1 aromatic carbocycles. The average molecular weight is 281 g/mol. The molecular weight excluding hydrogens is 270 g/mol. The van der Waals surface area contributed by atoms with Crippen LogP contribution in [0.2, 0.25) is 0 Å². The van der Waals surface area contributed by atoms with Gasteiger partial charge < -0.3 is 4.74 Å². The molecular formula is C14H11N5O2. The Labute approximate surface area is 119 Å². The van der Waals surface area contributed by atoms with Gasteiger partial charge in [-0.15, -0.1) is 5.10 Å². The predicted molar refractivity (Wildman–Crippen MR) is 74.1 cm³/mol. The van der Waals surface area contributed by atoms with Gasteiger partial charge in [0.05, 0.1) is 31.5 Å². The van der Waals surface area contributed by atoms with Crippen molar-refractivity contribution < 1.29 is 4.74 Å². The molecule has 0 aliphatic heterocycles. The minimum atomic E-state index is -0.267. The van der Waals surface area contributed by atoms with Crippen molar-refractivity contribution in [3.63, 3.8) is 0 Å². The third-order valence-corrected chi connectivity index (χ3v) is 3.12. The molecule has 2 aromatic heterocycles. The molecule has 0 atom stereocenters. The first-order chi connectivity index (χ1) is 10.2. The van der Waals surface area contributed by atoms with Crippen LogP contribution in [0.3, 0.4) is 0 Å². The lowest BCUT2D eigenvalue weighted by molar-refractivity contribution is 0.407. The van der Waals surface area contributed by atoms with Crippen molar-refractivity contribution in [2.75, 3.05) is 7.11 Å². The highest BCUT2D eigenvalue weighted by atomic mass is 16.5. The molecule has 0 unspecified atom stereocenters. The van der Waals surface area contributed by atoms with Gasteiger partial charge in [-0.25, -0.2) is 13.9 Å². The number of benzene rings is 1. The summed E-state index contributed by atoms with van der Waals surface area (Å²) in [5.41, 5.74) is 1.43. The first-order valence-corrected chi connectivity index (χ1v) is 6.19. The van der Waals surface area contributed by atoms with E-state index >= 15 is 0 Å². The Hall–Kier alpha value is -3.14. The summed E-state index contributed by atoms with van der Waals surface area (Å²) in [5.74, 6) is 0.607. The zero-order valence-electron chi connectivity index (χ0n) is 11.2. The SMILES string of the molecule is COc1ccc(C#N)cc1Cn1nc2cnccn2c1=O. The quantitative estimate of drug-likeness (QED) is 0.709. The van der Waals surface area contributed by atoms with Crippen LogP contribution in [-0.2, 0) is 6.54 Å². The summed E-state index contributed by atoms with van der Waals surface area (Å²) in [4.78, 5) is 16.1. The van der Waals surface area contributed by atoms with Gasteiger partial charge in [-0.1, -0.05) is 0 Å². The number of nitrogens with zero attached hydrogens (tertiary/aromatic N) is 5. The van der Waals surface area contributed by atoms with Gasteiger partial charge in [0.15, 0.2) is 5.65 Å². The molecule has 3 rings (SSSR count). The minimum Gasteiger partial charge on any atom is -0.496 e. The van der Waals surface area contributed by atoms with Crippen LogP contribution in [0.15, 0.2) is 41.6 Å². The lowest BCUT2D eigenvalue weighted by atomic mass is 10.1. The lowest BCUT2D eigenvalue weighted by Gasteiger charge is -2.08. The maximum Gasteiger partial charge on any atom is 0.350 e. The number of rotatable bonds is 3. The summed E-state index contributed by atoms with van der Waals surface area (Å²) < 4.78 is 7.99. The zero-order valence-corrected chi connectivity index (χ0v) is 11.2. The van der Waals surface area contributed by atoms with Gasteiger partial charge in [0.1, 0.15) is 5.75 Å². The van der Waals surface area contributed by atoms with Crippen LogP contribution in [0.25, 0.3) is 5.65 Å². The highest BCUT2D eigenvalue weighted by Crippen LogP contribution is 2.20. The van der Waals surface area contributed by atoms with Gasteiger partial charge in [0, 0.05) is 18.0 Å². The molecule has 0 radical (unpaired) electrons. The predicted octanol–water partition coefficient (Wildman–Crippen LogP) is 0.820. The van der Waals surface area contributed by atoms with Gasteiger partial charge in [-0.05, 0) is 18.2 Å². The van der Waals surface area contributed by atoms with Gasteiger partial charge in [0.25, 0.3) is 0 Å². The van der Waals surface area contributed by atoms with E-state index in [9.17, 15) is 4.79 Å². The number of nitriles is 1. The second-order valence-corrected chi connectivity index (χ2v) is 4.38. The highest BCUT2D eigenvalue weighted by Gasteiger charge is 2.10. The van der Waals surface area contributed by atoms with Crippen LogP contribution in [-0.4, -0.2) is 26.3 Å². The first-order valence-electron chi connectivity index (χ1n) is 6.19. The van der Waals surface area contributed by atoms with E-state index in [4.69, 9.17) is 10.00 Å². The summed E-state index contributed by atoms with van der Waals surface area (Å²) in [5, 5.41) is 13.2. The van der Waals surface area contributed by atoms with Crippen molar-refractivity contribution in [3.8, 4) is 11.8 Å². The second kappa shape index (κ2) is 5.09. The lowest BCUT2D eigenvalue weighted by Crippen LogP contribution is -2.21. The van der Waals surface area contributed by atoms with Crippen molar-refractivity contribution >= 4 is 5.65 Å². The van der Waals surface area contributed by atoms with E-state index in [2.05, 4.69) is 16.2 Å². The van der Waals surface area contributed by atoms with E-state index < -0.39 is 0 Å². The smallest absolute Gasteiger partial charge is 0.350 e. The van der Waals surface area contributed by atoms with Crippen LogP contribution in [0.5, 0.6) is 5.75 Å². The fraction of sp³-hybridized carbons (Fsp3) is 0.143. The molecule has 0 N–H and O–H groups in total. The monoisotopic (exact) mass is 281 g/mol. The molecule has 0 amide bonds. The third kappa shape index (κ3) is 2.23. The van der Waals surface area contributed by atoms with Crippen molar-refractivity contribution in [2.24, 2.45) is 0 Å². The second-order valence-electron chi connectivity index (χ2n) is 4.38. The van der Waals surface area contributed by atoms with Crippen molar-refractivity contribution in [1.29, 1.82) is 5.26 Å². The molecule has 0 bridgehead atoms. The van der Waals surface area contributed by atoms with E-state index in [1.807, 2.05) is 0 Å². The fourth-order valence-electron chi connectivity index (χ4n) is 2.12. The largest absolute Gasteiger partial charge is 0.496 e. The summed E-state index contributed by atoms with van der Waals surface area (Å²) in [6.45, 7) is 0.221. The van der Waals surface area contributed by atoms with Gasteiger partial charge >= 0.3 is 5.69 Å². The third-order valence-electron chi connectivity index (χ3n) is 3.12. The Morgan fingerprint density at radius 2 is 2.29 bits per heavy atom. The Morgan fingerprint density at radius 1 is 1.43 bits per heavy atom. The van der Waals surface area contributed by atoms with E-state index in [0.29, 0.717) is 17.0 Å². The van der Waals surface area contributed by atoms with Crippen molar-refractivity contribution in [2.45, 2.75) is 6.54 Å². The maximum atomic E-state index is 12.2. The van der Waals surface area contributed by atoms with E-state index in [-0.39, 0.29) is 12.2 Å². The standard InChI is InChI=1S/C14H11N5O2/c1-21-12-3-2-10(7-15)6-11(12)9-19-14(20)18-5-4-16-8-13(18)17-19/h2-6,8H,9H2,1H3. The minimum absolute atomic E-state index is 0.221. The maximum absolute atomic E-state index is 12.2. The number of ether oxygens (including phenoxy) is 1. The molecule has 7 nitrogen and oxygen atoms in total. The zero-order chi connectivity index (χ0) is 14.8. The normalized spacial score (nSPS) is 10.5. The summed E-state index contributed by atoms with van der Waals surface area (Å²) in [6.07, 6.45) is 4.60. The Bertz CT molecular complexity index is 904. The molecule has 21 heavy (non-hydrogen) atoms. The number of hydrogen-bond acceptors (Lipinski definition) is 5. The fourth-order valence-corrected chi connectivity index (χ4v) is 2.12. The molecule has 0 spiro atoms. The molecule has 0 saturated carbocycles. The van der Waals surface area contributed by atoms with Crippen LogP contribution < -0.4 is 10.4 Å². The average Bonchev–Trinajstić information content (AvgIpc) is 2.84. The van der Waals surface area contributed by atoms with Gasteiger partial charge in [0.2, 0.25) is 0 Å². The van der Waals surface area contributed by atoms with Crippen molar-refractivity contribution in [1.82, 2.24) is 19.2 Å². The molecule has 0 aliphatic rings. The number of aromatic nitrogens is 4. The molecule has 3 aromatic rings. The van der Waals surface area contributed by atoms with Gasteiger partial charge in [-0.2, -0.15) is 5.26 Å². The van der Waals surface area contributed by atoms with Gasteiger partial charge in [-0.3, -0.25) is 4.98 Å². The van der Waals surface area contributed by atoms with Crippen LogP contribution in [0.1, 0.15) is 11.1 Å². The number of fused-ring (bicyclic) bond motifs is 1. The Morgan fingerprint density at radius 3 is 3.00 bits per heavy atom. The summed E-state index contributed by atoms with van der Waals surface area (Å²) in [7, 11) is 1.54. The summed E-state index contributed by atoms with van der Waals surface area (Å²) >= 11 is 0. The molecule has 104 valence electrons. The number of methoxy groups -OCH3 is 1. The molecule has 7 heteroatoms. The van der Waals surface area contributed by atoms with Crippen molar-refractivity contribution in [3.05, 3.63) is 58.4 Å². The van der Waals surface area contributed by atoms with E-state index in [1.54, 1.807) is 31.5 Å². The molecule has 2 heterocycles. The van der Waals surface area contributed by atoms with Crippen LogP contribution in [0, 0.1) is 11.3 Å². The summed E-state index contributed by atoms with van der Waals surface area (Å²) in [6, 6.07) is 7.13. The topological polar surface area (TPSA) is 85.2 Å². The van der Waals surface area contributed by atoms with E-state index in [0.717, 1.165) is 5.56 Å².